The number of hydrogen-bond donors (Lipinski definition) is 3. The number of halogens is 1. The van der Waals surface area contributed by atoms with Crippen LogP contribution in [0.1, 0.15) is 62.8 Å². The summed E-state index contributed by atoms with van der Waals surface area (Å²) in [5.41, 5.74) is 7.21. The topological polar surface area (TPSA) is 67.1 Å². The van der Waals surface area contributed by atoms with Crippen molar-refractivity contribution in [2.75, 3.05) is 0 Å². The summed E-state index contributed by atoms with van der Waals surface area (Å²) in [7, 11) is 0. The number of urea groups is 1. The zero-order valence-corrected chi connectivity index (χ0v) is 14.9. The Kier molecular flexibility index (Phi) is 6.01. The SMILES string of the molecule is NC1CCC(NC(=O)NC2CCCC(c3cccc(Cl)c3)C2)CC1. The van der Waals surface area contributed by atoms with Crippen LogP contribution < -0.4 is 16.4 Å². The fourth-order valence-corrected chi connectivity index (χ4v) is 4.26. The predicted octanol–water partition coefficient (Wildman–Crippen LogP) is 3.94. The molecule has 5 heteroatoms. The van der Waals surface area contributed by atoms with Gasteiger partial charge in [0.1, 0.15) is 0 Å². The van der Waals surface area contributed by atoms with Gasteiger partial charge in [-0.2, -0.15) is 0 Å². The van der Waals surface area contributed by atoms with Crippen LogP contribution in [0.4, 0.5) is 4.79 Å². The van der Waals surface area contributed by atoms with Crippen molar-refractivity contribution in [2.45, 2.75) is 75.4 Å². The van der Waals surface area contributed by atoms with Gasteiger partial charge in [0, 0.05) is 23.1 Å². The summed E-state index contributed by atoms with van der Waals surface area (Å²) in [5.74, 6) is 0.482. The summed E-state index contributed by atoms with van der Waals surface area (Å²) in [6.45, 7) is 0. The van der Waals surface area contributed by atoms with Gasteiger partial charge in [-0.1, -0.05) is 30.2 Å². The Morgan fingerprint density at radius 2 is 1.79 bits per heavy atom. The molecule has 2 atom stereocenters. The number of benzene rings is 1. The van der Waals surface area contributed by atoms with E-state index in [9.17, 15) is 4.79 Å². The molecule has 3 rings (SSSR count). The van der Waals surface area contributed by atoms with Gasteiger partial charge in [-0.05, 0) is 68.6 Å². The van der Waals surface area contributed by atoms with E-state index in [1.807, 2.05) is 12.1 Å². The van der Waals surface area contributed by atoms with E-state index >= 15 is 0 Å². The van der Waals surface area contributed by atoms with Crippen LogP contribution >= 0.6 is 11.6 Å². The van der Waals surface area contributed by atoms with Gasteiger partial charge in [-0.15, -0.1) is 0 Å². The molecule has 0 spiro atoms. The molecule has 2 aliphatic rings. The average Bonchev–Trinajstić information content (AvgIpc) is 2.57. The Balaban J connectivity index is 1.49. The molecule has 0 heterocycles. The molecule has 1 aromatic rings. The van der Waals surface area contributed by atoms with E-state index in [-0.39, 0.29) is 18.1 Å². The molecule has 2 aliphatic carbocycles. The standard InChI is InChI=1S/C19H28ClN3O/c20-15-5-1-3-13(11-15)14-4-2-6-18(12-14)23-19(24)22-17-9-7-16(21)8-10-17/h1,3,5,11,14,16-18H,2,4,6-10,12,21H2,(H2,22,23,24). The lowest BCUT2D eigenvalue weighted by atomic mass is 9.81. The molecule has 4 nitrogen and oxygen atoms in total. The van der Waals surface area contributed by atoms with Crippen LogP contribution in [0, 0.1) is 0 Å². The molecule has 132 valence electrons. The first-order valence-electron chi connectivity index (χ1n) is 9.18. The lowest BCUT2D eigenvalue weighted by Crippen LogP contribution is -2.49. The second kappa shape index (κ2) is 8.21. The fourth-order valence-electron chi connectivity index (χ4n) is 4.06. The van der Waals surface area contributed by atoms with Crippen molar-refractivity contribution in [3.63, 3.8) is 0 Å². The quantitative estimate of drug-likeness (QED) is 0.773. The lowest BCUT2D eigenvalue weighted by Gasteiger charge is -2.32. The van der Waals surface area contributed by atoms with Gasteiger partial charge in [0.05, 0.1) is 0 Å². The van der Waals surface area contributed by atoms with Crippen LogP contribution in [0.25, 0.3) is 0 Å². The van der Waals surface area contributed by atoms with Gasteiger partial charge in [0.25, 0.3) is 0 Å². The molecular weight excluding hydrogens is 322 g/mol. The molecule has 0 radical (unpaired) electrons. The Labute approximate surface area is 149 Å². The third-order valence-electron chi connectivity index (χ3n) is 5.44. The molecule has 1 aromatic carbocycles. The van der Waals surface area contributed by atoms with Gasteiger partial charge in [0.15, 0.2) is 0 Å². The van der Waals surface area contributed by atoms with Gasteiger partial charge < -0.3 is 16.4 Å². The van der Waals surface area contributed by atoms with Crippen LogP contribution in [-0.2, 0) is 0 Å². The Morgan fingerprint density at radius 3 is 2.54 bits per heavy atom. The highest BCUT2D eigenvalue weighted by Crippen LogP contribution is 2.33. The van der Waals surface area contributed by atoms with Crippen molar-refractivity contribution in [1.29, 1.82) is 0 Å². The lowest BCUT2D eigenvalue weighted by molar-refractivity contribution is 0.221. The molecule has 0 bridgehead atoms. The van der Waals surface area contributed by atoms with Crippen molar-refractivity contribution in [2.24, 2.45) is 5.73 Å². The number of nitrogens with one attached hydrogen (secondary N) is 2. The maximum absolute atomic E-state index is 12.3. The maximum atomic E-state index is 12.3. The normalized spacial score (nSPS) is 30.6. The van der Waals surface area contributed by atoms with E-state index in [2.05, 4.69) is 22.8 Å². The molecule has 2 unspecified atom stereocenters. The van der Waals surface area contributed by atoms with E-state index in [1.165, 1.54) is 12.0 Å². The zero-order chi connectivity index (χ0) is 16.9. The van der Waals surface area contributed by atoms with Crippen LogP contribution in [0.2, 0.25) is 5.02 Å². The molecule has 0 aliphatic heterocycles. The van der Waals surface area contributed by atoms with Gasteiger partial charge in [-0.25, -0.2) is 4.79 Å². The van der Waals surface area contributed by atoms with Gasteiger partial charge >= 0.3 is 6.03 Å². The van der Waals surface area contributed by atoms with Crippen LogP contribution in [0.15, 0.2) is 24.3 Å². The minimum atomic E-state index is -0.0211. The van der Waals surface area contributed by atoms with Crippen molar-refractivity contribution in [3.8, 4) is 0 Å². The first-order chi connectivity index (χ1) is 11.6. The summed E-state index contributed by atoms with van der Waals surface area (Å²) in [6, 6.07) is 8.92. The molecule has 2 saturated carbocycles. The van der Waals surface area contributed by atoms with Crippen LogP contribution in [0.5, 0.6) is 0 Å². The summed E-state index contributed by atoms with van der Waals surface area (Å²) < 4.78 is 0. The smallest absolute Gasteiger partial charge is 0.315 e. The molecular formula is C19H28ClN3O. The Hall–Kier alpha value is -1.26. The first-order valence-corrected chi connectivity index (χ1v) is 9.56. The monoisotopic (exact) mass is 349 g/mol. The minimum Gasteiger partial charge on any atom is -0.335 e. The summed E-state index contributed by atoms with van der Waals surface area (Å²) in [4.78, 5) is 12.3. The van der Waals surface area contributed by atoms with Crippen molar-refractivity contribution in [3.05, 3.63) is 34.9 Å². The van der Waals surface area contributed by atoms with Crippen molar-refractivity contribution < 1.29 is 4.79 Å². The third kappa shape index (κ3) is 4.87. The fraction of sp³-hybridized carbons (Fsp3) is 0.632. The van der Waals surface area contributed by atoms with Crippen LogP contribution in [0.3, 0.4) is 0 Å². The first kappa shape index (κ1) is 17.6. The van der Waals surface area contributed by atoms with Crippen LogP contribution in [-0.4, -0.2) is 24.2 Å². The van der Waals surface area contributed by atoms with Gasteiger partial charge in [0.2, 0.25) is 0 Å². The van der Waals surface area contributed by atoms with Crippen molar-refractivity contribution >= 4 is 17.6 Å². The van der Waals surface area contributed by atoms with E-state index in [0.717, 1.165) is 50.0 Å². The van der Waals surface area contributed by atoms with E-state index < -0.39 is 0 Å². The van der Waals surface area contributed by atoms with Gasteiger partial charge in [-0.3, -0.25) is 0 Å². The maximum Gasteiger partial charge on any atom is 0.315 e. The molecule has 4 N–H and O–H groups in total. The highest BCUT2D eigenvalue weighted by molar-refractivity contribution is 6.30. The average molecular weight is 350 g/mol. The third-order valence-corrected chi connectivity index (χ3v) is 5.67. The zero-order valence-electron chi connectivity index (χ0n) is 14.1. The van der Waals surface area contributed by atoms with Crippen molar-refractivity contribution in [1.82, 2.24) is 10.6 Å². The number of nitrogens with two attached hydrogens (primary N) is 1. The van der Waals surface area contributed by atoms with E-state index in [1.54, 1.807) is 0 Å². The number of carbonyl (C=O) groups excluding carboxylic acids is 1. The molecule has 2 fully saturated rings. The molecule has 0 saturated heterocycles. The second-order valence-corrected chi connectivity index (χ2v) is 7.78. The van der Waals surface area contributed by atoms with E-state index in [4.69, 9.17) is 17.3 Å². The second-order valence-electron chi connectivity index (χ2n) is 7.34. The number of rotatable bonds is 3. The Bertz CT molecular complexity index is 557. The summed E-state index contributed by atoms with van der Waals surface area (Å²) >= 11 is 6.11. The van der Waals surface area contributed by atoms with E-state index in [0.29, 0.717) is 12.0 Å². The molecule has 0 aromatic heterocycles. The largest absolute Gasteiger partial charge is 0.335 e. The Morgan fingerprint density at radius 1 is 1.04 bits per heavy atom. The minimum absolute atomic E-state index is 0.0211. The summed E-state index contributed by atoms with van der Waals surface area (Å²) in [6.07, 6.45) is 8.34. The summed E-state index contributed by atoms with van der Waals surface area (Å²) in [5, 5.41) is 7.09. The predicted molar refractivity (Wildman–Crippen MR) is 98.3 cm³/mol. The molecule has 2 amide bonds. The molecule has 24 heavy (non-hydrogen) atoms. The highest BCUT2D eigenvalue weighted by atomic mass is 35.5. The highest BCUT2D eigenvalue weighted by Gasteiger charge is 2.26. The number of hydrogen-bond acceptors (Lipinski definition) is 2. The number of carbonyl (C=O) groups is 1. The number of amides is 2.